The van der Waals surface area contributed by atoms with Crippen molar-refractivity contribution in [3.63, 3.8) is 0 Å². The molecule has 0 spiro atoms. The monoisotopic (exact) mass is 306 g/mol. The van der Waals surface area contributed by atoms with Crippen LogP contribution in [0.2, 0.25) is 0 Å². The Morgan fingerprint density at radius 2 is 1.90 bits per heavy atom. The smallest absolute Gasteiger partial charge is 0.322 e. The first-order chi connectivity index (χ1) is 9.99. The number of aliphatic carboxylic acids is 1. The van der Waals surface area contributed by atoms with E-state index in [0.717, 1.165) is 5.56 Å². The van der Waals surface area contributed by atoms with Gasteiger partial charge in [0.1, 0.15) is 10.9 Å². The van der Waals surface area contributed by atoms with E-state index in [1.807, 2.05) is 0 Å². The molecule has 0 bridgehead atoms. The highest BCUT2D eigenvalue weighted by atomic mass is 32.2. The summed E-state index contributed by atoms with van der Waals surface area (Å²) in [5.74, 6) is -1.23. The number of hydrogen-bond donors (Lipinski definition) is 2. The Morgan fingerprint density at radius 1 is 1.19 bits per heavy atom. The summed E-state index contributed by atoms with van der Waals surface area (Å²) < 4.78 is 26.4. The fourth-order valence-corrected chi connectivity index (χ4v) is 2.94. The zero-order chi connectivity index (χ0) is 15.3. The summed E-state index contributed by atoms with van der Waals surface area (Å²) in [7, 11) is -3.92. The molecule has 2 rings (SSSR count). The number of carboxylic acid groups (broad SMARTS) is 1. The SMILES string of the molecule is O=C(O)C(Cc1ccccc1)NS(=O)(=O)c1cccnc1. The van der Waals surface area contributed by atoms with E-state index in [9.17, 15) is 18.3 Å². The lowest BCUT2D eigenvalue weighted by atomic mass is 10.1. The zero-order valence-electron chi connectivity index (χ0n) is 11.0. The summed E-state index contributed by atoms with van der Waals surface area (Å²) >= 11 is 0. The quantitative estimate of drug-likeness (QED) is 0.831. The van der Waals surface area contributed by atoms with E-state index in [-0.39, 0.29) is 11.3 Å². The van der Waals surface area contributed by atoms with E-state index < -0.39 is 22.0 Å². The lowest BCUT2D eigenvalue weighted by Gasteiger charge is -2.14. The highest BCUT2D eigenvalue weighted by molar-refractivity contribution is 7.89. The number of carboxylic acids is 1. The molecule has 0 saturated carbocycles. The van der Waals surface area contributed by atoms with Gasteiger partial charge in [-0.2, -0.15) is 4.72 Å². The van der Waals surface area contributed by atoms with Crippen molar-refractivity contribution in [2.75, 3.05) is 0 Å². The van der Waals surface area contributed by atoms with Crippen LogP contribution in [-0.4, -0.2) is 30.5 Å². The predicted molar refractivity (Wildman–Crippen MR) is 76.1 cm³/mol. The summed E-state index contributed by atoms with van der Waals surface area (Å²) in [5, 5.41) is 9.20. The molecule has 0 saturated heterocycles. The molecule has 1 aromatic heterocycles. The third kappa shape index (κ3) is 4.11. The van der Waals surface area contributed by atoms with Gasteiger partial charge in [0.05, 0.1) is 0 Å². The van der Waals surface area contributed by atoms with Gasteiger partial charge in [-0.05, 0) is 24.1 Å². The van der Waals surface area contributed by atoms with Crippen molar-refractivity contribution < 1.29 is 18.3 Å². The molecule has 2 aromatic rings. The van der Waals surface area contributed by atoms with Gasteiger partial charge < -0.3 is 5.11 Å². The standard InChI is InChI=1S/C14H14N2O4S/c17-14(18)13(9-11-5-2-1-3-6-11)16-21(19,20)12-7-4-8-15-10-12/h1-8,10,13,16H,9H2,(H,17,18). The van der Waals surface area contributed by atoms with E-state index in [4.69, 9.17) is 0 Å². The third-order valence-electron chi connectivity index (χ3n) is 2.82. The molecule has 1 aromatic carbocycles. The summed E-state index contributed by atoms with van der Waals surface area (Å²) in [6.45, 7) is 0. The first kappa shape index (κ1) is 15.1. The van der Waals surface area contributed by atoms with E-state index in [1.165, 1.54) is 24.5 Å². The molecule has 0 amide bonds. The summed E-state index contributed by atoms with van der Waals surface area (Å²) in [4.78, 5) is 14.9. The first-order valence-electron chi connectivity index (χ1n) is 6.18. The molecule has 21 heavy (non-hydrogen) atoms. The van der Waals surface area contributed by atoms with Gasteiger partial charge in [-0.3, -0.25) is 9.78 Å². The molecule has 1 heterocycles. The number of hydrogen-bond acceptors (Lipinski definition) is 4. The van der Waals surface area contributed by atoms with Crippen LogP contribution in [0.4, 0.5) is 0 Å². The van der Waals surface area contributed by atoms with Crippen molar-refractivity contribution in [1.29, 1.82) is 0 Å². The minimum atomic E-state index is -3.92. The van der Waals surface area contributed by atoms with Crippen LogP contribution in [0.3, 0.4) is 0 Å². The molecular weight excluding hydrogens is 292 g/mol. The van der Waals surface area contributed by atoms with Crippen molar-refractivity contribution >= 4 is 16.0 Å². The Bertz CT molecular complexity index is 702. The second-order valence-electron chi connectivity index (χ2n) is 4.39. The largest absolute Gasteiger partial charge is 0.480 e. The van der Waals surface area contributed by atoms with Gasteiger partial charge in [-0.1, -0.05) is 30.3 Å². The molecule has 2 N–H and O–H groups in total. The Labute approximate surface area is 122 Å². The maximum atomic E-state index is 12.1. The minimum absolute atomic E-state index is 0.0651. The summed E-state index contributed by atoms with van der Waals surface area (Å²) in [5.41, 5.74) is 0.735. The molecule has 0 fully saturated rings. The summed E-state index contributed by atoms with van der Waals surface area (Å²) in [6.07, 6.45) is 2.68. The molecule has 6 nitrogen and oxygen atoms in total. The molecular formula is C14H14N2O4S. The number of sulfonamides is 1. The normalized spacial score (nSPS) is 12.8. The van der Waals surface area contributed by atoms with E-state index in [1.54, 1.807) is 30.3 Å². The Kier molecular flexibility index (Phi) is 4.66. The topological polar surface area (TPSA) is 96.4 Å². The lowest BCUT2D eigenvalue weighted by molar-refractivity contribution is -0.138. The van der Waals surface area contributed by atoms with Crippen molar-refractivity contribution in [2.45, 2.75) is 17.4 Å². The highest BCUT2D eigenvalue weighted by Gasteiger charge is 2.25. The van der Waals surface area contributed by atoms with Gasteiger partial charge in [0.2, 0.25) is 10.0 Å². The fourth-order valence-electron chi connectivity index (χ4n) is 1.79. The van der Waals surface area contributed by atoms with Gasteiger partial charge in [0.15, 0.2) is 0 Å². The molecule has 0 aliphatic carbocycles. The number of pyridine rings is 1. The van der Waals surface area contributed by atoms with Gasteiger partial charge >= 0.3 is 5.97 Å². The van der Waals surface area contributed by atoms with Crippen LogP contribution in [0.5, 0.6) is 0 Å². The van der Waals surface area contributed by atoms with Crippen LogP contribution in [0.25, 0.3) is 0 Å². The van der Waals surface area contributed by atoms with Gasteiger partial charge in [-0.25, -0.2) is 8.42 Å². The maximum absolute atomic E-state index is 12.1. The molecule has 0 radical (unpaired) electrons. The van der Waals surface area contributed by atoms with E-state index in [2.05, 4.69) is 9.71 Å². The molecule has 1 unspecified atom stereocenters. The van der Waals surface area contributed by atoms with Crippen LogP contribution in [0, 0.1) is 0 Å². The fraction of sp³-hybridized carbons (Fsp3) is 0.143. The molecule has 7 heteroatoms. The average molecular weight is 306 g/mol. The predicted octanol–water partition coefficient (Wildman–Crippen LogP) is 1.06. The zero-order valence-corrected chi connectivity index (χ0v) is 11.8. The highest BCUT2D eigenvalue weighted by Crippen LogP contribution is 2.09. The van der Waals surface area contributed by atoms with Gasteiger partial charge in [0, 0.05) is 12.4 Å². The number of aromatic nitrogens is 1. The van der Waals surface area contributed by atoms with Crippen LogP contribution in [0.15, 0.2) is 59.8 Å². The number of rotatable bonds is 6. The lowest BCUT2D eigenvalue weighted by Crippen LogP contribution is -2.42. The van der Waals surface area contributed by atoms with Gasteiger partial charge in [-0.15, -0.1) is 0 Å². The van der Waals surface area contributed by atoms with E-state index in [0.29, 0.717) is 0 Å². The molecule has 1 atom stereocenters. The van der Waals surface area contributed by atoms with Crippen LogP contribution in [-0.2, 0) is 21.2 Å². The Morgan fingerprint density at radius 3 is 2.48 bits per heavy atom. The first-order valence-corrected chi connectivity index (χ1v) is 7.66. The molecule has 0 aliphatic rings. The molecule has 0 aliphatic heterocycles. The van der Waals surface area contributed by atoms with Crippen molar-refractivity contribution in [1.82, 2.24) is 9.71 Å². The third-order valence-corrected chi connectivity index (χ3v) is 4.28. The minimum Gasteiger partial charge on any atom is -0.480 e. The second-order valence-corrected chi connectivity index (χ2v) is 6.10. The number of nitrogens with one attached hydrogen (secondary N) is 1. The maximum Gasteiger partial charge on any atom is 0.322 e. The van der Waals surface area contributed by atoms with Crippen LogP contribution in [0.1, 0.15) is 5.56 Å². The van der Waals surface area contributed by atoms with Gasteiger partial charge in [0.25, 0.3) is 0 Å². The number of nitrogens with zero attached hydrogens (tertiary/aromatic N) is 1. The second kappa shape index (κ2) is 6.47. The molecule has 110 valence electrons. The van der Waals surface area contributed by atoms with Crippen molar-refractivity contribution in [3.8, 4) is 0 Å². The number of benzene rings is 1. The Hall–Kier alpha value is -2.25. The van der Waals surface area contributed by atoms with Crippen LogP contribution >= 0.6 is 0 Å². The van der Waals surface area contributed by atoms with Crippen LogP contribution < -0.4 is 4.72 Å². The average Bonchev–Trinajstić information content (AvgIpc) is 2.48. The van der Waals surface area contributed by atoms with E-state index >= 15 is 0 Å². The van der Waals surface area contributed by atoms with Crippen molar-refractivity contribution in [3.05, 3.63) is 60.4 Å². The summed E-state index contributed by atoms with van der Waals surface area (Å²) in [6, 6.07) is 10.4. The number of carbonyl (C=O) groups is 1. The Balaban J connectivity index is 2.19. The van der Waals surface area contributed by atoms with Crippen molar-refractivity contribution in [2.24, 2.45) is 0 Å².